The van der Waals surface area contributed by atoms with Gasteiger partial charge in [-0.2, -0.15) is 9.97 Å². The van der Waals surface area contributed by atoms with E-state index in [4.69, 9.17) is 14.7 Å². The standard InChI is InChI=1S/C35H43FN6O2/c1-22-5-2-6-23-15-26(43)16-29(31(22)23)40-14-10-27-28(19-40)38-33(39-32(27)41-17-24-8-9-25(18-41)37-24)44-21-34-11-4-13-42(34)30-7-3-12-35(30,36)20-34/h2,5-6,15-16,24-25,30,37,43H,3-4,7-14,17-21H2,1H3/t24?,25?,30-,34?,35+/m0/s1. The van der Waals surface area contributed by atoms with Gasteiger partial charge in [-0.25, -0.2) is 4.39 Å². The number of hydrogen-bond donors (Lipinski definition) is 2. The van der Waals surface area contributed by atoms with Crippen molar-refractivity contribution in [2.45, 2.75) is 101 Å². The van der Waals surface area contributed by atoms with Gasteiger partial charge < -0.3 is 25.0 Å². The third-order valence-electron chi connectivity index (χ3n) is 11.8. The van der Waals surface area contributed by atoms with Crippen molar-refractivity contribution in [2.24, 2.45) is 0 Å². The van der Waals surface area contributed by atoms with Crippen LogP contribution in [0.5, 0.6) is 11.8 Å². The molecule has 4 saturated heterocycles. The average Bonchev–Trinajstić information content (AvgIpc) is 3.73. The van der Waals surface area contributed by atoms with Gasteiger partial charge in [0.1, 0.15) is 23.8 Å². The van der Waals surface area contributed by atoms with Crippen molar-refractivity contribution in [1.82, 2.24) is 20.2 Å². The molecule has 0 spiro atoms. The predicted octanol–water partition coefficient (Wildman–Crippen LogP) is 5.03. The van der Waals surface area contributed by atoms with Gasteiger partial charge in [0.05, 0.1) is 17.8 Å². The highest BCUT2D eigenvalue weighted by atomic mass is 19.1. The smallest absolute Gasteiger partial charge is 0.318 e. The Kier molecular flexibility index (Phi) is 6.12. The number of anilines is 2. The highest BCUT2D eigenvalue weighted by Gasteiger charge is 2.63. The minimum Gasteiger partial charge on any atom is -0.508 e. The molecule has 5 fully saturated rings. The molecule has 6 aliphatic rings. The lowest BCUT2D eigenvalue weighted by molar-refractivity contribution is 0.0808. The summed E-state index contributed by atoms with van der Waals surface area (Å²) in [5, 5.41) is 16.6. The van der Waals surface area contributed by atoms with Crippen LogP contribution in [-0.4, -0.2) is 82.1 Å². The molecule has 1 aliphatic carbocycles. The van der Waals surface area contributed by atoms with Crippen molar-refractivity contribution in [3.63, 3.8) is 0 Å². The summed E-state index contributed by atoms with van der Waals surface area (Å²) in [4.78, 5) is 17.5. The monoisotopic (exact) mass is 598 g/mol. The summed E-state index contributed by atoms with van der Waals surface area (Å²) in [5.41, 5.74) is 3.12. The van der Waals surface area contributed by atoms with Gasteiger partial charge >= 0.3 is 6.01 Å². The second-order valence-electron chi connectivity index (χ2n) is 14.5. The number of aromatic hydroxyl groups is 1. The Balaban J connectivity index is 1.07. The number of aromatic nitrogens is 2. The van der Waals surface area contributed by atoms with Gasteiger partial charge in [-0.1, -0.05) is 18.2 Å². The molecule has 5 atom stereocenters. The third kappa shape index (κ3) is 4.21. The molecule has 8 nitrogen and oxygen atoms in total. The number of piperazine rings is 1. The highest BCUT2D eigenvalue weighted by molar-refractivity contribution is 5.98. The first kappa shape index (κ1) is 27.2. The topological polar surface area (TPSA) is 77.0 Å². The molecule has 5 aliphatic heterocycles. The van der Waals surface area contributed by atoms with Crippen molar-refractivity contribution >= 4 is 22.3 Å². The molecule has 0 radical (unpaired) electrons. The number of halogens is 1. The Morgan fingerprint density at radius 3 is 2.77 bits per heavy atom. The first-order valence-corrected chi connectivity index (χ1v) is 16.8. The van der Waals surface area contributed by atoms with Crippen LogP contribution in [0.4, 0.5) is 15.9 Å². The number of phenols is 1. The summed E-state index contributed by atoms with van der Waals surface area (Å²) in [7, 11) is 0. The number of nitrogens with one attached hydrogen (secondary N) is 1. The molecule has 9 rings (SSSR count). The molecule has 1 saturated carbocycles. The zero-order valence-electron chi connectivity index (χ0n) is 25.7. The number of benzene rings is 2. The molecular formula is C35H43FN6O2. The van der Waals surface area contributed by atoms with E-state index in [0.717, 1.165) is 80.9 Å². The minimum atomic E-state index is -1.08. The van der Waals surface area contributed by atoms with Crippen LogP contribution in [0.1, 0.15) is 68.2 Å². The van der Waals surface area contributed by atoms with Crippen LogP contribution in [0.2, 0.25) is 0 Å². The van der Waals surface area contributed by atoms with Gasteiger partial charge in [0.2, 0.25) is 0 Å². The molecule has 232 valence electrons. The number of fused-ring (bicyclic) bond motifs is 7. The number of hydrogen-bond acceptors (Lipinski definition) is 8. The summed E-state index contributed by atoms with van der Waals surface area (Å²) >= 11 is 0. The van der Waals surface area contributed by atoms with E-state index in [9.17, 15) is 5.11 Å². The van der Waals surface area contributed by atoms with Crippen molar-refractivity contribution in [3.8, 4) is 11.8 Å². The van der Waals surface area contributed by atoms with Crippen molar-refractivity contribution in [1.29, 1.82) is 0 Å². The highest BCUT2D eigenvalue weighted by Crippen LogP contribution is 2.55. The van der Waals surface area contributed by atoms with Crippen LogP contribution in [0.25, 0.3) is 10.8 Å². The maximum Gasteiger partial charge on any atom is 0.318 e. The second-order valence-corrected chi connectivity index (χ2v) is 14.5. The van der Waals surface area contributed by atoms with E-state index in [0.29, 0.717) is 44.1 Å². The molecule has 1 aromatic heterocycles. The zero-order chi connectivity index (χ0) is 29.6. The summed E-state index contributed by atoms with van der Waals surface area (Å²) in [5.74, 6) is 1.30. The summed E-state index contributed by atoms with van der Waals surface area (Å²) in [6.07, 6.45) is 8.52. The zero-order valence-corrected chi connectivity index (χ0v) is 25.7. The Morgan fingerprint density at radius 1 is 1.05 bits per heavy atom. The molecule has 44 heavy (non-hydrogen) atoms. The fraction of sp³-hybridized carbons (Fsp3) is 0.600. The molecule has 0 amide bonds. The van der Waals surface area contributed by atoms with Crippen molar-refractivity contribution in [2.75, 3.05) is 42.6 Å². The third-order valence-corrected chi connectivity index (χ3v) is 11.8. The lowest BCUT2D eigenvalue weighted by atomic mass is 9.88. The largest absolute Gasteiger partial charge is 0.508 e. The van der Waals surface area contributed by atoms with Gasteiger partial charge in [0.15, 0.2) is 0 Å². The maximum atomic E-state index is 16.0. The van der Waals surface area contributed by atoms with Crippen LogP contribution in [0.3, 0.4) is 0 Å². The molecule has 2 aromatic carbocycles. The predicted molar refractivity (Wildman–Crippen MR) is 170 cm³/mol. The van der Waals surface area contributed by atoms with Crippen molar-refractivity contribution in [3.05, 3.63) is 47.2 Å². The van der Waals surface area contributed by atoms with E-state index in [-0.39, 0.29) is 17.3 Å². The van der Waals surface area contributed by atoms with Crippen molar-refractivity contribution < 1.29 is 14.2 Å². The second kappa shape index (κ2) is 9.91. The van der Waals surface area contributed by atoms with Gasteiger partial charge in [-0.05, 0) is 81.9 Å². The Morgan fingerprint density at radius 2 is 1.91 bits per heavy atom. The van der Waals surface area contributed by atoms with E-state index in [1.165, 1.54) is 29.4 Å². The molecule has 9 heteroatoms. The number of phenolic OH excluding ortho intramolecular Hbond substituents is 1. The summed E-state index contributed by atoms with van der Waals surface area (Å²) in [6, 6.07) is 11.4. The molecule has 2 N–H and O–H groups in total. The lowest BCUT2D eigenvalue weighted by Crippen LogP contribution is -2.52. The normalized spacial score (nSPS) is 32.7. The van der Waals surface area contributed by atoms with E-state index < -0.39 is 5.67 Å². The SMILES string of the molecule is Cc1cccc2cc(O)cc(N3CCc4c(nc(OCC56CCCN5[C@H]5CCC[C@@]5(F)C6)nc4N4CC5CCC(C4)N5)C3)c12. The number of nitrogens with zero attached hydrogens (tertiary/aromatic N) is 5. The first-order valence-electron chi connectivity index (χ1n) is 16.8. The fourth-order valence-electron chi connectivity index (χ4n) is 9.96. The minimum absolute atomic E-state index is 0.0408. The van der Waals surface area contributed by atoms with Crippen LogP contribution >= 0.6 is 0 Å². The van der Waals surface area contributed by atoms with Gasteiger partial charge in [-0.15, -0.1) is 0 Å². The van der Waals surface area contributed by atoms with E-state index in [2.05, 4.69) is 39.1 Å². The molecule has 3 aromatic rings. The summed E-state index contributed by atoms with van der Waals surface area (Å²) in [6.45, 7) is 6.89. The van der Waals surface area contributed by atoms with Gasteiger partial charge in [0.25, 0.3) is 0 Å². The average molecular weight is 599 g/mol. The van der Waals surface area contributed by atoms with Crippen LogP contribution in [0.15, 0.2) is 30.3 Å². The molecule has 2 bridgehead atoms. The molecular weight excluding hydrogens is 555 g/mol. The van der Waals surface area contributed by atoms with E-state index >= 15 is 4.39 Å². The number of aryl methyl sites for hydroxylation is 1. The van der Waals surface area contributed by atoms with Crippen LogP contribution < -0.4 is 19.9 Å². The Bertz CT molecular complexity index is 1620. The summed E-state index contributed by atoms with van der Waals surface area (Å²) < 4.78 is 22.6. The Hall–Kier alpha value is -3.17. The van der Waals surface area contributed by atoms with E-state index in [1.807, 2.05) is 18.2 Å². The number of ether oxygens (including phenoxy) is 1. The maximum absolute atomic E-state index is 16.0. The first-order chi connectivity index (χ1) is 21.4. The fourth-order valence-corrected chi connectivity index (χ4v) is 9.96. The number of rotatable bonds is 5. The molecule has 3 unspecified atom stereocenters. The van der Waals surface area contributed by atoms with Gasteiger partial charge in [0, 0.05) is 66.9 Å². The van der Waals surface area contributed by atoms with Crippen LogP contribution in [-0.2, 0) is 13.0 Å². The van der Waals surface area contributed by atoms with E-state index in [1.54, 1.807) is 0 Å². The lowest BCUT2D eigenvalue weighted by Gasteiger charge is -2.38. The number of alkyl halides is 1. The molecule has 6 heterocycles. The van der Waals surface area contributed by atoms with Gasteiger partial charge in [-0.3, -0.25) is 4.90 Å². The Labute approximate surface area is 258 Å². The quantitative estimate of drug-likeness (QED) is 0.424. The van der Waals surface area contributed by atoms with Crippen LogP contribution in [0, 0.1) is 6.92 Å².